The van der Waals surface area contributed by atoms with Gasteiger partial charge in [0.2, 0.25) is 5.56 Å². The van der Waals surface area contributed by atoms with Crippen molar-refractivity contribution in [2.24, 2.45) is 0 Å². The highest BCUT2D eigenvalue weighted by molar-refractivity contribution is 9.10. The van der Waals surface area contributed by atoms with Crippen LogP contribution in [0.3, 0.4) is 0 Å². The summed E-state index contributed by atoms with van der Waals surface area (Å²) in [6.45, 7) is 0. The molecule has 0 aliphatic heterocycles. The number of halogens is 1. The van der Waals surface area contributed by atoms with Crippen LogP contribution in [0.15, 0.2) is 45.8 Å². The van der Waals surface area contributed by atoms with E-state index in [-0.39, 0.29) is 11.5 Å². The van der Waals surface area contributed by atoms with E-state index >= 15 is 0 Å². The predicted octanol–water partition coefficient (Wildman–Crippen LogP) is 1.97. The number of aromatic nitrogens is 1. The summed E-state index contributed by atoms with van der Waals surface area (Å²) in [7, 11) is 0. The van der Waals surface area contributed by atoms with E-state index in [0.29, 0.717) is 16.9 Å². The molecule has 0 saturated carbocycles. The zero-order valence-electron chi connectivity index (χ0n) is 9.24. The summed E-state index contributed by atoms with van der Waals surface area (Å²) >= 11 is 3.32. The molecule has 1 aromatic carbocycles. The number of carbonyl (C=O) groups is 1. The van der Waals surface area contributed by atoms with Crippen LogP contribution < -0.4 is 16.6 Å². The van der Waals surface area contributed by atoms with E-state index in [1.165, 1.54) is 18.3 Å². The number of rotatable bonds is 2. The third-order valence-electron chi connectivity index (χ3n) is 2.29. The monoisotopic (exact) mass is 307 g/mol. The predicted molar refractivity (Wildman–Crippen MR) is 73.6 cm³/mol. The first-order valence-corrected chi connectivity index (χ1v) is 5.90. The lowest BCUT2D eigenvalue weighted by atomic mass is 10.2. The first-order chi connectivity index (χ1) is 8.56. The fourth-order valence-corrected chi connectivity index (χ4v) is 1.73. The molecule has 2 rings (SSSR count). The summed E-state index contributed by atoms with van der Waals surface area (Å²) in [5.74, 6) is -0.322. The normalized spacial score (nSPS) is 10.1. The van der Waals surface area contributed by atoms with Gasteiger partial charge < -0.3 is 16.0 Å². The average molecular weight is 308 g/mol. The van der Waals surface area contributed by atoms with Crippen LogP contribution in [0.25, 0.3) is 0 Å². The minimum Gasteiger partial charge on any atom is -0.399 e. The summed E-state index contributed by atoms with van der Waals surface area (Å²) in [5, 5.41) is 2.70. The maximum Gasteiger partial charge on any atom is 0.257 e. The van der Waals surface area contributed by atoms with Gasteiger partial charge in [-0.15, -0.1) is 0 Å². The second kappa shape index (κ2) is 5.05. The number of nitrogens with one attached hydrogen (secondary N) is 2. The molecule has 1 amide bonds. The van der Waals surface area contributed by atoms with Gasteiger partial charge in [0.25, 0.3) is 5.91 Å². The first kappa shape index (κ1) is 12.4. The lowest BCUT2D eigenvalue weighted by Gasteiger charge is -2.08. The maximum atomic E-state index is 11.9. The number of nitrogens with two attached hydrogens (primary N) is 1. The largest absolute Gasteiger partial charge is 0.399 e. The molecule has 1 aromatic heterocycles. The molecule has 5 nitrogen and oxygen atoms in total. The van der Waals surface area contributed by atoms with Crippen LogP contribution in [0.5, 0.6) is 0 Å². The molecule has 2 aromatic rings. The number of aromatic amines is 1. The number of benzene rings is 1. The third-order valence-corrected chi connectivity index (χ3v) is 2.98. The molecular weight excluding hydrogens is 298 g/mol. The summed E-state index contributed by atoms with van der Waals surface area (Å²) in [4.78, 5) is 25.2. The zero-order chi connectivity index (χ0) is 13.1. The van der Waals surface area contributed by atoms with E-state index in [1.54, 1.807) is 18.2 Å². The Balaban J connectivity index is 2.23. The fraction of sp³-hybridized carbons (Fsp3) is 0. The van der Waals surface area contributed by atoms with Crippen molar-refractivity contribution in [3.63, 3.8) is 0 Å². The number of nitrogen functional groups attached to an aromatic ring is 1. The highest BCUT2D eigenvalue weighted by atomic mass is 79.9. The minimum atomic E-state index is -0.322. The number of carbonyl (C=O) groups excluding carboxylic acids is 1. The number of H-pyrrole nitrogens is 1. The van der Waals surface area contributed by atoms with E-state index in [1.807, 2.05) is 0 Å². The molecule has 6 heteroatoms. The van der Waals surface area contributed by atoms with Gasteiger partial charge in [0.05, 0.1) is 11.3 Å². The number of pyridine rings is 1. The van der Waals surface area contributed by atoms with Gasteiger partial charge in [0.1, 0.15) is 0 Å². The molecular formula is C12H10BrN3O2. The lowest BCUT2D eigenvalue weighted by molar-refractivity contribution is 0.102. The van der Waals surface area contributed by atoms with Gasteiger partial charge in [0.15, 0.2) is 0 Å². The Bertz CT molecular complexity index is 632. The molecule has 4 N–H and O–H groups in total. The Morgan fingerprint density at radius 2 is 2.06 bits per heavy atom. The zero-order valence-corrected chi connectivity index (χ0v) is 10.8. The molecule has 0 aliphatic rings. The van der Waals surface area contributed by atoms with Crippen molar-refractivity contribution < 1.29 is 4.79 Å². The van der Waals surface area contributed by atoms with Crippen molar-refractivity contribution in [2.75, 3.05) is 11.1 Å². The average Bonchev–Trinajstić information content (AvgIpc) is 2.34. The van der Waals surface area contributed by atoms with Gasteiger partial charge in [-0.2, -0.15) is 0 Å². The molecule has 1 heterocycles. The van der Waals surface area contributed by atoms with E-state index in [4.69, 9.17) is 5.73 Å². The van der Waals surface area contributed by atoms with Crippen LogP contribution in [0.1, 0.15) is 10.4 Å². The van der Waals surface area contributed by atoms with Crippen LogP contribution in [0.2, 0.25) is 0 Å². The van der Waals surface area contributed by atoms with Crippen molar-refractivity contribution in [1.82, 2.24) is 4.98 Å². The summed E-state index contributed by atoms with van der Waals surface area (Å²) < 4.78 is 0.731. The van der Waals surface area contributed by atoms with Crippen molar-refractivity contribution in [1.29, 1.82) is 0 Å². The molecule has 0 unspecified atom stereocenters. The summed E-state index contributed by atoms with van der Waals surface area (Å²) in [6, 6.07) is 7.86. The van der Waals surface area contributed by atoms with Gasteiger partial charge in [0, 0.05) is 22.4 Å². The Labute approximate surface area is 111 Å². The third kappa shape index (κ3) is 2.78. The molecule has 0 atom stereocenters. The van der Waals surface area contributed by atoms with E-state index in [9.17, 15) is 9.59 Å². The van der Waals surface area contributed by atoms with Crippen LogP contribution in [0.4, 0.5) is 11.4 Å². The lowest BCUT2D eigenvalue weighted by Crippen LogP contribution is -2.15. The second-order valence-corrected chi connectivity index (χ2v) is 4.49. The van der Waals surface area contributed by atoms with Crippen LogP contribution in [0, 0.1) is 0 Å². The standard InChI is InChI=1S/C12H10BrN3O2/c13-9-3-2-8(14)5-10(9)16-12(18)7-1-4-11(17)15-6-7/h1-6H,14H2,(H,15,17)(H,16,18). The molecule has 0 radical (unpaired) electrons. The van der Waals surface area contributed by atoms with Crippen molar-refractivity contribution in [3.8, 4) is 0 Å². The van der Waals surface area contributed by atoms with E-state index < -0.39 is 0 Å². The Morgan fingerprint density at radius 3 is 2.72 bits per heavy atom. The van der Waals surface area contributed by atoms with Crippen molar-refractivity contribution >= 4 is 33.2 Å². The molecule has 92 valence electrons. The smallest absolute Gasteiger partial charge is 0.257 e. The van der Waals surface area contributed by atoms with Crippen LogP contribution in [-0.4, -0.2) is 10.9 Å². The summed E-state index contributed by atoms with van der Waals surface area (Å²) in [5.41, 5.74) is 6.88. The van der Waals surface area contributed by atoms with Gasteiger partial charge >= 0.3 is 0 Å². The number of hydrogen-bond donors (Lipinski definition) is 3. The first-order valence-electron chi connectivity index (χ1n) is 5.11. The molecule has 0 fully saturated rings. The Morgan fingerprint density at radius 1 is 1.28 bits per heavy atom. The Kier molecular flexibility index (Phi) is 3.47. The van der Waals surface area contributed by atoms with E-state index in [2.05, 4.69) is 26.2 Å². The molecule has 0 spiro atoms. The molecule has 0 aliphatic carbocycles. The van der Waals surface area contributed by atoms with Crippen molar-refractivity contribution in [3.05, 3.63) is 56.9 Å². The molecule has 0 bridgehead atoms. The molecule has 0 saturated heterocycles. The van der Waals surface area contributed by atoms with Crippen LogP contribution >= 0.6 is 15.9 Å². The highest BCUT2D eigenvalue weighted by Crippen LogP contribution is 2.24. The number of hydrogen-bond acceptors (Lipinski definition) is 3. The van der Waals surface area contributed by atoms with Gasteiger partial charge in [-0.25, -0.2) is 0 Å². The van der Waals surface area contributed by atoms with Gasteiger partial charge in [-0.3, -0.25) is 9.59 Å². The van der Waals surface area contributed by atoms with Crippen molar-refractivity contribution in [2.45, 2.75) is 0 Å². The van der Waals surface area contributed by atoms with Gasteiger partial charge in [-0.1, -0.05) is 0 Å². The maximum absolute atomic E-state index is 11.9. The van der Waals surface area contributed by atoms with Crippen LogP contribution in [-0.2, 0) is 0 Å². The SMILES string of the molecule is Nc1ccc(Br)c(NC(=O)c2ccc(=O)[nH]c2)c1. The number of anilines is 2. The topological polar surface area (TPSA) is 88.0 Å². The number of amides is 1. The highest BCUT2D eigenvalue weighted by Gasteiger charge is 2.08. The quantitative estimate of drug-likeness (QED) is 0.741. The fourth-order valence-electron chi connectivity index (χ4n) is 1.38. The minimum absolute atomic E-state index is 0.253. The second-order valence-electron chi connectivity index (χ2n) is 3.64. The summed E-state index contributed by atoms with van der Waals surface area (Å²) in [6.07, 6.45) is 1.36. The van der Waals surface area contributed by atoms with E-state index in [0.717, 1.165) is 4.47 Å². The Hall–Kier alpha value is -2.08. The molecule has 18 heavy (non-hydrogen) atoms. The van der Waals surface area contributed by atoms with Gasteiger partial charge in [-0.05, 0) is 40.2 Å².